The summed E-state index contributed by atoms with van der Waals surface area (Å²) in [4.78, 5) is 21.9. The third kappa shape index (κ3) is 3.16. The van der Waals surface area contributed by atoms with Crippen LogP contribution in [0.1, 0.15) is 24.2 Å². The molecule has 0 unspecified atom stereocenters. The first kappa shape index (κ1) is 12.9. The highest BCUT2D eigenvalue weighted by molar-refractivity contribution is 14.1. The van der Waals surface area contributed by atoms with E-state index in [1.165, 1.54) is 12.1 Å². The molecule has 6 heteroatoms. The van der Waals surface area contributed by atoms with Crippen LogP contribution in [0.3, 0.4) is 0 Å². The monoisotopic (exact) mass is 334 g/mol. The van der Waals surface area contributed by atoms with Crippen LogP contribution in [0.5, 0.6) is 0 Å². The summed E-state index contributed by atoms with van der Waals surface area (Å²) in [6.07, 6.45) is 0. The summed E-state index contributed by atoms with van der Waals surface area (Å²) >= 11 is 1.97. The van der Waals surface area contributed by atoms with Crippen LogP contribution in [0.15, 0.2) is 18.2 Å². The van der Waals surface area contributed by atoms with Crippen molar-refractivity contribution in [3.8, 4) is 0 Å². The zero-order valence-electron chi connectivity index (χ0n) is 8.86. The fourth-order valence-corrected chi connectivity index (χ4v) is 1.66. The number of nitrogens with one attached hydrogen (secondary N) is 1. The molecule has 5 nitrogen and oxygen atoms in total. The molecular formula is C10H11IN2O3. The number of carbonyl (C=O) groups is 1. The Hall–Kier alpha value is -1.18. The minimum absolute atomic E-state index is 0.0496. The molecule has 0 aromatic heterocycles. The highest BCUT2D eigenvalue weighted by atomic mass is 127. The number of nitro benzene ring substituents is 1. The lowest BCUT2D eigenvalue weighted by molar-refractivity contribution is -0.385. The molecule has 0 radical (unpaired) electrons. The molecule has 0 aliphatic carbocycles. The molecule has 0 bridgehead atoms. The van der Waals surface area contributed by atoms with E-state index in [4.69, 9.17) is 0 Å². The standard InChI is InChI=1S/C10H11IN2O3/c1-6(2)12-10(14)8-4-3-7(11)5-9(8)13(15)16/h3-6H,1-2H3,(H,12,14). The average molecular weight is 334 g/mol. The smallest absolute Gasteiger partial charge is 0.283 e. The van der Waals surface area contributed by atoms with Gasteiger partial charge in [0.05, 0.1) is 4.92 Å². The van der Waals surface area contributed by atoms with E-state index < -0.39 is 10.8 Å². The molecule has 0 aliphatic rings. The molecule has 0 aliphatic heterocycles. The molecule has 0 spiro atoms. The van der Waals surface area contributed by atoms with Crippen molar-refractivity contribution in [1.29, 1.82) is 0 Å². The maximum absolute atomic E-state index is 11.7. The van der Waals surface area contributed by atoms with Crippen molar-refractivity contribution in [2.45, 2.75) is 19.9 Å². The minimum Gasteiger partial charge on any atom is -0.350 e. The Labute approximate surface area is 107 Å². The lowest BCUT2D eigenvalue weighted by atomic mass is 10.1. The van der Waals surface area contributed by atoms with Crippen molar-refractivity contribution in [3.05, 3.63) is 37.4 Å². The van der Waals surface area contributed by atoms with Gasteiger partial charge in [0.1, 0.15) is 5.56 Å². The van der Waals surface area contributed by atoms with Crippen molar-refractivity contribution < 1.29 is 9.72 Å². The summed E-state index contributed by atoms with van der Waals surface area (Å²) in [5, 5.41) is 13.4. The summed E-state index contributed by atoms with van der Waals surface area (Å²) in [5.74, 6) is -0.418. The van der Waals surface area contributed by atoms with E-state index in [1.807, 2.05) is 22.6 Å². The van der Waals surface area contributed by atoms with Crippen LogP contribution in [0.25, 0.3) is 0 Å². The second-order valence-electron chi connectivity index (χ2n) is 3.55. The number of hydrogen-bond acceptors (Lipinski definition) is 3. The van der Waals surface area contributed by atoms with Gasteiger partial charge in [-0.25, -0.2) is 0 Å². The van der Waals surface area contributed by atoms with Crippen LogP contribution in [0, 0.1) is 13.7 Å². The SMILES string of the molecule is CC(C)NC(=O)c1ccc(I)cc1[N+](=O)[O-]. The second kappa shape index (κ2) is 5.24. The van der Waals surface area contributed by atoms with E-state index in [0.29, 0.717) is 0 Å². The first-order chi connectivity index (χ1) is 7.41. The Morgan fingerprint density at radius 2 is 2.12 bits per heavy atom. The highest BCUT2D eigenvalue weighted by Gasteiger charge is 2.20. The maximum Gasteiger partial charge on any atom is 0.283 e. The molecule has 0 saturated heterocycles. The summed E-state index contributed by atoms with van der Waals surface area (Å²) in [7, 11) is 0. The molecule has 1 N–H and O–H groups in total. The first-order valence-electron chi connectivity index (χ1n) is 4.66. The summed E-state index contributed by atoms with van der Waals surface area (Å²) < 4.78 is 0.727. The van der Waals surface area contributed by atoms with E-state index in [1.54, 1.807) is 19.9 Å². The largest absolute Gasteiger partial charge is 0.350 e. The molecule has 1 aromatic carbocycles. The van der Waals surface area contributed by atoms with Gasteiger partial charge in [0.25, 0.3) is 11.6 Å². The summed E-state index contributed by atoms with van der Waals surface area (Å²) in [6, 6.07) is 4.47. The van der Waals surface area contributed by atoms with Crippen LogP contribution < -0.4 is 5.32 Å². The molecule has 0 fully saturated rings. The number of nitro groups is 1. The van der Waals surface area contributed by atoms with Gasteiger partial charge in [0, 0.05) is 15.7 Å². The third-order valence-electron chi connectivity index (χ3n) is 1.82. The topological polar surface area (TPSA) is 72.2 Å². The highest BCUT2D eigenvalue weighted by Crippen LogP contribution is 2.21. The number of benzene rings is 1. The number of hydrogen-bond donors (Lipinski definition) is 1. The van der Waals surface area contributed by atoms with Crippen LogP contribution in [0.4, 0.5) is 5.69 Å². The lowest BCUT2D eigenvalue weighted by Gasteiger charge is -2.08. The molecule has 1 aromatic rings. The van der Waals surface area contributed by atoms with Gasteiger partial charge in [-0.15, -0.1) is 0 Å². The molecule has 1 amide bonds. The van der Waals surface area contributed by atoms with E-state index in [0.717, 1.165) is 3.57 Å². The normalized spacial score (nSPS) is 10.2. The predicted molar refractivity (Wildman–Crippen MR) is 68.4 cm³/mol. The average Bonchev–Trinajstić information content (AvgIpc) is 2.16. The molecule has 86 valence electrons. The Kier molecular flexibility index (Phi) is 4.22. The van der Waals surface area contributed by atoms with Crippen molar-refractivity contribution >= 4 is 34.2 Å². The van der Waals surface area contributed by atoms with Crippen LogP contribution in [0.2, 0.25) is 0 Å². The van der Waals surface area contributed by atoms with Crippen molar-refractivity contribution in [1.82, 2.24) is 5.32 Å². The minimum atomic E-state index is -0.544. The van der Waals surface area contributed by atoms with Crippen molar-refractivity contribution in [2.24, 2.45) is 0 Å². The van der Waals surface area contributed by atoms with Gasteiger partial charge in [-0.3, -0.25) is 14.9 Å². The molecule has 16 heavy (non-hydrogen) atoms. The summed E-state index contributed by atoms with van der Waals surface area (Å²) in [5.41, 5.74) is -0.0656. The molecule has 0 saturated carbocycles. The number of halogens is 1. The van der Waals surface area contributed by atoms with Gasteiger partial charge >= 0.3 is 0 Å². The Balaban J connectivity index is 3.12. The Bertz CT molecular complexity index is 432. The van der Waals surface area contributed by atoms with Gasteiger partial charge < -0.3 is 5.32 Å². The van der Waals surface area contributed by atoms with E-state index in [9.17, 15) is 14.9 Å². The number of carbonyl (C=O) groups excluding carboxylic acids is 1. The van der Waals surface area contributed by atoms with Crippen molar-refractivity contribution in [3.63, 3.8) is 0 Å². The lowest BCUT2D eigenvalue weighted by Crippen LogP contribution is -2.30. The number of amides is 1. The van der Waals surface area contributed by atoms with Crippen LogP contribution >= 0.6 is 22.6 Å². The number of nitrogens with zero attached hydrogens (tertiary/aromatic N) is 1. The van der Waals surface area contributed by atoms with Crippen LogP contribution in [-0.4, -0.2) is 16.9 Å². The molecule has 1 rings (SSSR count). The molecule has 0 atom stereocenters. The van der Waals surface area contributed by atoms with E-state index in [-0.39, 0.29) is 17.3 Å². The van der Waals surface area contributed by atoms with E-state index in [2.05, 4.69) is 5.32 Å². The zero-order chi connectivity index (χ0) is 12.3. The zero-order valence-corrected chi connectivity index (χ0v) is 11.0. The number of rotatable bonds is 3. The third-order valence-corrected chi connectivity index (χ3v) is 2.49. The van der Waals surface area contributed by atoms with Crippen LogP contribution in [-0.2, 0) is 0 Å². The van der Waals surface area contributed by atoms with Gasteiger partial charge in [0.2, 0.25) is 0 Å². The van der Waals surface area contributed by atoms with Gasteiger partial charge in [-0.2, -0.15) is 0 Å². The van der Waals surface area contributed by atoms with Gasteiger partial charge in [-0.05, 0) is 48.6 Å². The van der Waals surface area contributed by atoms with Gasteiger partial charge in [0.15, 0.2) is 0 Å². The Morgan fingerprint density at radius 1 is 1.50 bits per heavy atom. The fraction of sp³-hybridized carbons (Fsp3) is 0.300. The predicted octanol–water partition coefficient (Wildman–Crippen LogP) is 2.34. The fourth-order valence-electron chi connectivity index (χ4n) is 1.19. The van der Waals surface area contributed by atoms with Crippen molar-refractivity contribution in [2.75, 3.05) is 0 Å². The first-order valence-corrected chi connectivity index (χ1v) is 5.74. The molecule has 0 heterocycles. The summed E-state index contributed by atoms with van der Waals surface area (Å²) in [6.45, 7) is 3.60. The van der Waals surface area contributed by atoms with E-state index >= 15 is 0 Å². The van der Waals surface area contributed by atoms with Gasteiger partial charge in [-0.1, -0.05) is 0 Å². The second-order valence-corrected chi connectivity index (χ2v) is 4.79. The molecular weight excluding hydrogens is 323 g/mol. The maximum atomic E-state index is 11.7. The Morgan fingerprint density at radius 3 is 2.62 bits per heavy atom. The quantitative estimate of drug-likeness (QED) is 0.524.